The van der Waals surface area contributed by atoms with Gasteiger partial charge in [0.15, 0.2) is 17.2 Å². The summed E-state index contributed by atoms with van der Waals surface area (Å²) in [6.07, 6.45) is 1.28. The van der Waals surface area contributed by atoms with E-state index in [1.165, 1.54) is 22.8 Å². The summed E-state index contributed by atoms with van der Waals surface area (Å²) >= 11 is 6.17. The molecule has 0 bridgehead atoms. The van der Waals surface area contributed by atoms with E-state index in [0.29, 0.717) is 6.61 Å². The third-order valence-electron chi connectivity index (χ3n) is 5.28. The zero-order valence-electron chi connectivity index (χ0n) is 17.7. The third kappa shape index (κ3) is 4.33. The lowest BCUT2D eigenvalue weighted by Gasteiger charge is -2.11. The molecule has 0 radical (unpaired) electrons. The fourth-order valence-corrected chi connectivity index (χ4v) is 4.09. The number of benzene rings is 1. The molecule has 2 N–H and O–H groups in total. The van der Waals surface area contributed by atoms with Crippen molar-refractivity contribution in [2.45, 2.75) is 39.0 Å². The maximum Gasteiger partial charge on any atom is 0.331 e. The minimum absolute atomic E-state index is 0.0120. The second-order valence-corrected chi connectivity index (χ2v) is 7.86. The fourth-order valence-electron chi connectivity index (χ4n) is 3.85. The number of imidazole rings is 1. The number of rotatable bonds is 7. The van der Waals surface area contributed by atoms with Gasteiger partial charge in [0.25, 0.3) is 5.91 Å². The van der Waals surface area contributed by atoms with Crippen molar-refractivity contribution in [3.63, 3.8) is 0 Å². The van der Waals surface area contributed by atoms with E-state index in [-0.39, 0.29) is 52.5 Å². The summed E-state index contributed by atoms with van der Waals surface area (Å²) in [5.41, 5.74) is 4.42. The monoisotopic (exact) mass is 477 g/mol. The lowest BCUT2D eigenvalue weighted by atomic mass is 10.2. The van der Waals surface area contributed by atoms with E-state index in [2.05, 4.69) is 9.97 Å². The zero-order valence-corrected chi connectivity index (χ0v) is 18.5. The van der Waals surface area contributed by atoms with E-state index in [1.807, 2.05) is 0 Å². The van der Waals surface area contributed by atoms with Gasteiger partial charge >= 0.3 is 11.7 Å². The standard InChI is InChI=1S/C21H21ClFN5O5/c1-2-32-14(29)10-27-17-16(18(24)30)25-19(15-12(22)6-3-7-13(15)23)26-20(17)28(21(27)31)9-11-5-4-8-33-11/h3,6-7,11H,2,4-5,8-10H2,1H3,(H2,24,30)/t11-/m0/s1. The number of halogens is 2. The molecule has 1 amide bonds. The number of nitrogens with two attached hydrogens (primary N) is 1. The number of carbonyl (C=O) groups is 2. The molecule has 174 valence electrons. The molecule has 33 heavy (non-hydrogen) atoms. The average Bonchev–Trinajstić information content (AvgIpc) is 3.36. The van der Waals surface area contributed by atoms with Crippen molar-refractivity contribution in [1.29, 1.82) is 0 Å². The average molecular weight is 478 g/mol. The highest BCUT2D eigenvalue weighted by atomic mass is 35.5. The van der Waals surface area contributed by atoms with E-state index in [1.54, 1.807) is 6.92 Å². The van der Waals surface area contributed by atoms with Gasteiger partial charge in [-0.1, -0.05) is 17.7 Å². The van der Waals surface area contributed by atoms with Gasteiger partial charge in [-0.2, -0.15) is 0 Å². The van der Waals surface area contributed by atoms with Crippen molar-refractivity contribution in [2.24, 2.45) is 5.73 Å². The molecular formula is C21H21ClFN5O5. The number of hydrogen-bond donors (Lipinski definition) is 1. The number of ether oxygens (including phenoxy) is 2. The maximum atomic E-state index is 14.6. The van der Waals surface area contributed by atoms with Crippen molar-refractivity contribution in [2.75, 3.05) is 13.2 Å². The predicted octanol–water partition coefficient (Wildman–Crippen LogP) is 1.89. The number of fused-ring (bicyclic) bond motifs is 1. The number of aromatic nitrogens is 4. The molecule has 4 rings (SSSR count). The van der Waals surface area contributed by atoms with Crippen LogP contribution in [-0.4, -0.2) is 50.3 Å². The van der Waals surface area contributed by atoms with Crippen LogP contribution in [0.2, 0.25) is 5.02 Å². The minimum Gasteiger partial charge on any atom is -0.465 e. The summed E-state index contributed by atoms with van der Waals surface area (Å²) < 4.78 is 27.5. The first-order valence-electron chi connectivity index (χ1n) is 10.3. The SMILES string of the molecule is CCOC(=O)Cn1c(=O)n(C[C@@H]2CCCO2)c2nc(-c3c(F)cccc3Cl)nc(C(N)=O)c21. The van der Waals surface area contributed by atoms with Crippen LogP contribution in [0.5, 0.6) is 0 Å². The van der Waals surface area contributed by atoms with Crippen molar-refractivity contribution >= 4 is 34.6 Å². The van der Waals surface area contributed by atoms with Crippen LogP contribution < -0.4 is 11.4 Å². The Morgan fingerprint density at radius 1 is 1.33 bits per heavy atom. The Morgan fingerprint density at radius 2 is 2.12 bits per heavy atom. The smallest absolute Gasteiger partial charge is 0.331 e. The normalized spacial score (nSPS) is 15.8. The molecule has 1 aliphatic rings. The summed E-state index contributed by atoms with van der Waals surface area (Å²) in [5.74, 6) is -2.60. The maximum absolute atomic E-state index is 14.6. The first-order valence-corrected chi connectivity index (χ1v) is 10.7. The molecule has 12 heteroatoms. The van der Waals surface area contributed by atoms with Crippen molar-refractivity contribution in [1.82, 2.24) is 19.1 Å². The van der Waals surface area contributed by atoms with Gasteiger partial charge in [-0.25, -0.2) is 19.2 Å². The second kappa shape index (κ2) is 9.28. The number of nitrogens with zero attached hydrogens (tertiary/aromatic N) is 4. The summed E-state index contributed by atoms with van der Waals surface area (Å²) in [7, 11) is 0. The Labute approximate surface area is 192 Å². The van der Waals surface area contributed by atoms with Gasteiger partial charge in [0.1, 0.15) is 17.9 Å². The molecule has 0 saturated carbocycles. The van der Waals surface area contributed by atoms with E-state index < -0.39 is 29.9 Å². The molecule has 1 saturated heterocycles. The van der Waals surface area contributed by atoms with Crippen molar-refractivity contribution in [3.05, 3.63) is 45.2 Å². The van der Waals surface area contributed by atoms with Crippen LogP contribution in [0.4, 0.5) is 4.39 Å². The van der Waals surface area contributed by atoms with Crippen LogP contribution in [0, 0.1) is 5.82 Å². The number of primary amides is 1. The number of carbonyl (C=O) groups excluding carboxylic acids is 2. The molecule has 1 aromatic carbocycles. The molecule has 3 heterocycles. The van der Waals surface area contributed by atoms with Crippen LogP contribution in [0.1, 0.15) is 30.3 Å². The summed E-state index contributed by atoms with van der Waals surface area (Å²) in [5, 5.41) is 0.0174. The van der Waals surface area contributed by atoms with E-state index in [0.717, 1.165) is 17.4 Å². The van der Waals surface area contributed by atoms with Crippen LogP contribution in [-0.2, 0) is 27.4 Å². The Kier molecular flexibility index (Phi) is 6.43. The number of esters is 1. The molecule has 1 atom stereocenters. The van der Waals surface area contributed by atoms with Gasteiger partial charge in [0, 0.05) is 6.61 Å². The molecule has 2 aromatic heterocycles. The van der Waals surface area contributed by atoms with Gasteiger partial charge < -0.3 is 15.2 Å². The van der Waals surface area contributed by atoms with Crippen molar-refractivity contribution in [3.8, 4) is 11.4 Å². The zero-order chi connectivity index (χ0) is 23.7. The van der Waals surface area contributed by atoms with Gasteiger partial charge in [0.2, 0.25) is 0 Å². The topological polar surface area (TPSA) is 131 Å². The van der Waals surface area contributed by atoms with Gasteiger partial charge in [-0.3, -0.25) is 18.7 Å². The lowest BCUT2D eigenvalue weighted by molar-refractivity contribution is -0.143. The Hall–Kier alpha value is -3.31. The highest BCUT2D eigenvalue weighted by Crippen LogP contribution is 2.30. The Balaban J connectivity index is 2.00. The van der Waals surface area contributed by atoms with Crippen LogP contribution in [0.25, 0.3) is 22.6 Å². The summed E-state index contributed by atoms with van der Waals surface area (Å²) in [6, 6.07) is 4.03. The number of hydrogen-bond acceptors (Lipinski definition) is 7. The Morgan fingerprint density at radius 3 is 2.76 bits per heavy atom. The molecule has 0 aliphatic carbocycles. The van der Waals surface area contributed by atoms with E-state index in [4.69, 9.17) is 26.8 Å². The largest absolute Gasteiger partial charge is 0.465 e. The third-order valence-corrected chi connectivity index (χ3v) is 5.59. The highest BCUT2D eigenvalue weighted by molar-refractivity contribution is 6.33. The van der Waals surface area contributed by atoms with Gasteiger partial charge in [-0.15, -0.1) is 0 Å². The van der Waals surface area contributed by atoms with Gasteiger partial charge in [0.05, 0.1) is 29.8 Å². The molecule has 3 aromatic rings. The van der Waals surface area contributed by atoms with E-state index in [9.17, 15) is 18.8 Å². The quantitative estimate of drug-likeness (QED) is 0.514. The van der Waals surface area contributed by atoms with Crippen molar-refractivity contribution < 1.29 is 23.5 Å². The predicted molar refractivity (Wildman–Crippen MR) is 116 cm³/mol. The molecule has 0 unspecified atom stereocenters. The summed E-state index contributed by atoms with van der Waals surface area (Å²) in [4.78, 5) is 46.3. The molecule has 1 fully saturated rings. The summed E-state index contributed by atoms with van der Waals surface area (Å²) in [6.45, 7) is 1.93. The molecular weight excluding hydrogens is 457 g/mol. The Bertz CT molecular complexity index is 1280. The van der Waals surface area contributed by atoms with E-state index >= 15 is 0 Å². The van der Waals surface area contributed by atoms with Gasteiger partial charge in [-0.05, 0) is 31.9 Å². The first kappa shape index (κ1) is 22.9. The second-order valence-electron chi connectivity index (χ2n) is 7.45. The highest BCUT2D eigenvalue weighted by Gasteiger charge is 2.28. The number of amides is 1. The minimum atomic E-state index is -0.983. The lowest BCUT2D eigenvalue weighted by Crippen LogP contribution is -2.31. The molecule has 1 aliphatic heterocycles. The van der Waals surface area contributed by atoms with Crippen LogP contribution in [0.15, 0.2) is 23.0 Å². The first-order chi connectivity index (χ1) is 15.8. The van der Waals surface area contributed by atoms with Crippen LogP contribution >= 0.6 is 11.6 Å². The molecule has 0 spiro atoms. The molecule has 10 nitrogen and oxygen atoms in total. The van der Waals surface area contributed by atoms with Crippen LogP contribution in [0.3, 0.4) is 0 Å². The fraction of sp³-hybridized carbons (Fsp3) is 0.381.